The smallest absolute Gasteiger partial charge is 0.127 e. The molecule has 0 saturated carbocycles. The van der Waals surface area contributed by atoms with E-state index < -0.39 is 0 Å². The number of halogens is 1. The van der Waals surface area contributed by atoms with E-state index in [0.29, 0.717) is 6.54 Å². The van der Waals surface area contributed by atoms with Crippen LogP contribution in [0, 0.1) is 0 Å². The van der Waals surface area contributed by atoms with Gasteiger partial charge in [0.2, 0.25) is 0 Å². The molecule has 0 unspecified atom stereocenters. The standard InChI is InChI=1S/C20H23ClN2O2/c1-23-10-4-5-18(17-9-7-15(21)11-19(17)23)22-13-14-6-8-16(24-2)12-20(14)25-3/h6-9,11-12H,4-5,10,13H2,1-3H3. The van der Waals surface area contributed by atoms with Gasteiger partial charge in [0.15, 0.2) is 0 Å². The van der Waals surface area contributed by atoms with Crippen molar-refractivity contribution < 1.29 is 9.47 Å². The van der Waals surface area contributed by atoms with Crippen molar-refractivity contribution in [2.24, 2.45) is 4.99 Å². The van der Waals surface area contributed by atoms with Crippen LogP contribution in [-0.4, -0.2) is 33.5 Å². The van der Waals surface area contributed by atoms with Gasteiger partial charge in [0.1, 0.15) is 11.5 Å². The van der Waals surface area contributed by atoms with Gasteiger partial charge in [-0.1, -0.05) is 11.6 Å². The molecule has 0 spiro atoms. The second-order valence-electron chi connectivity index (χ2n) is 6.13. The van der Waals surface area contributed by atoms with Crippen LogP contribution in [0.2, 0.25) is 5.02 Å². The highest BCUT2D eigenvalue weighted by Crippen LogP contribution is 2.30. The van der Waals surface area contributed by atoms with E-state index in [-0.39, 0.29) is 0 Å². The summed E-state index contributed by atoms with van der Waals surface area (Å²) in [6, 6.07) is 11.9. The van der Waals surface area contributed by atoms with E-state index in [1.165, 1.54) is 0 Å². The number of rotatable bonds is 4. The van der Waals surface area contributed by atoms with Gasteiger partial charge in [-0.15, -0.1) is 0 Å². The minimum absolute atomic E-state index is 0.578. The highest BCUT2D eigenvalue weighted by atomic mass is 35.5. The van der Waals surface area contributed by atoms with Gasteiger partial charge >= 0.3 is 0 Å². The number of hydrogen-bond donors (Lipinski definition) is 0. The SMILES string of the molecule is COc1ccc(CN=C2CCCN(C)c3cc(Cl)ccc32)c(OC)c1. The maximum absolute atomic E-state index is 6.19. The van der Waals surface area contributed by atoms with Gasteiger partial charge in [0.05, 0.1) is 20.8 Å². The average molecular weight is 359 g/mol. The van der Waals surface area contributed by atoms with E-state index in [4.69, 9.17) is 26.1 Å². The largest absolute Gasteiger partial charge is 0.497 e. The Morgan fingerprint density at radius 2 is 1.96 bits per heavy atom. The van der Waals surface area contributed by atoms with Crippen molar-refractivity contribution >= 4 is 23.0 Å². The Hall–Kier alpha value is -2.20. The van der Waals surface area contributed by atoms with Crippen molar-refractivity contribution in [3.8, 4) is 11.5 Å². The summed E-state index contributed by atoms with van der Waals surface area (Å²) in [5.41, 5.74) is 4.47. The predicted molar refractivity (Wildman–Crippen MR) is 104 cm³/mol. The van der Waals surface area contributed by atoms with E-state index in [1.807, 2.05) is 30.3 Å². The Morgan fingerprint density at radius 3 is 2.72 bits per heavy atom. The molecule has 0 saturated heterocycles. The van der Waals surface area contributed by atoms with Crippen molar-refractivity contribution in [1.29, 1.82) is 0 Å². The molecule has 0 aliphatic carbocycles. The summed E-state index contributed by atoms with van der Waals surface area (Å²) in [6.07, 6.45) is 2.03. The molecule has 3 rings (SSSR count). The number of methoxy groups -OCH3 is 2. The van der Waals surface area contributed by atoms with Gasteiger partial charge in [-0.2, -0.15) is 0 Å². The molecule has 2 aromatic carbocycles. The van der Waals surface area contributed by atoms with Gasteiger partial charge in [0.25, 0.3) is 0 Å². The summed E-state index contributed by atoms with van der Waals surface area (Å²) < 4.78 is 10.7. The first-order chi connectivity index (χ1) is 12.1. The second-order valence-corrected chi connectivity index (χ2v) is 6.56. The number of anilines is 1. The molecule has 1 aliphatic rings. The first-order valence-electron chi connectivity index (χ1n) is 8.37. The van der Waals surface area contributed by atoms with Crippen LogP contribution < -0.4 is 14.4 Å². The zero-order valence-electron chi connectivity index (χ0n) is 14.9. The zero-order valence-corrected chi connectivity index (χ0v) is 15.6. The molecule has 25 heavy (non-hydrogen) atoms. The van der Waals surface area contributed by atoms with Crippen molar-refractivity contribution in [2.75, 3.05) is 32.7 Å². The van der Waals surface area contributed by atoms with E-state index in [1.54, 1.807) is 14.2 Å². The molecule has 0 bridgehead atoms. The first kappa shape index (κ1) is 17.6. The number of ether oxygens (including phenoxy) is 2. The average Bonchev–Trinajstić information content (AvgIpc) is 2.78. The molecule has 4 nitrogen and oxygen atoms in total. The molecule has 132 valence electrons. The number of benzene rings is 2. The molecule has 0 radical (unpaired) electrons. The van der Waals surface area contributed by atoms with Crippen LogP contribution in [0.25, 0.3) is 0 Å². The van der Waals surface area contributed by atoms with Crippen molar-refractivity contribution in [2.45, 2.75) is 19.4 Å². The van der Waals surface area contributed by atoms with E-state index in [9.17, 15) is 0 Å². The summed E-state index contributed by atoms with van der Waals surface area (Å²) in [5.74, 6) is 1.58. The van der Waals surface area contributed by atoms with Gasteiger partial charge in [-0.3, -0.25) is 4.99 Å². The normalized spacial score (nSPS) is 15.7. The van der Waals surface area contributed by atoms with Crippen molar-refractivity contribution in [3.05, 3.63) is 52.5 Å². The van der Waals surface area contributed by atoms with E-state index in [0.717, 1.165) is 58.4 Å². The third-order valence-electron chi connectivity index (χ3n) is 4.52. The minimum atomic E-state index is 0.578. The molecule has 1 heterocycles. The molecule has 0 aromatic heterocycles. The highest BCUT2D eigenvalue weighted by Gasteiger charge is 2.17. The van der Waals surface area contributed by atoms with Crippen LogP contribution in [0.1, 0.15) is 24.0 Å². The summed E-state index contributed by atoms with van der Waals surface area (Å²) in [5, 5.41) is 0.753. The summed E-state index contributed by atoms with van der Waals surface area (Å²) in [6.45, 7) is 1.58. The Kier molecular flexibility index (Phi) is 5.49. The van der Waals surface area contributed by atoms with E-state index >= 15 is 0 Å². The summed E-state index contributed by atoms with van der Waals surface area (Å²) >= 11 is 6.19. The third-order valence-corrected chi connectivity index (χ3v) is 4.76. The maximum atomic E-state index is 6.19. The van der Waals surface area contributed by atoms with Crippen molar-refractivity contribution in [1.82, 2.24) is 0 Å². The molecular weight excluding hydrogens is 336 g/mol. The van der Waals surface area contributed by atoms with Crippen LogP contribution in [0.4, 0.5) is 5.69 Å². The minimum Gasteiger partial charge on any atom is -0.497 e. The molecule has 2 aromatic rings. The number of fused-ring (bicyclic) bond motifs is 1. The lowest BCUT2D eigenvalue weighted by Gasteiger charge is -2.19. The van der Waals surface area contributed by atoms with E-state index in [2.05, 4.69) is 18.0 Å². The molecule has 0 amide bonds. The maximum Gasteiger partial charge on any atom is 0.127 e. The number of nitrogens with zero attached hydrogens (tertiary/aromatic N) is 2. The molecular formula is C20H23ClN2O2. The van der Waals surface area contributed by atoms with Crippen LogP contribution in [-0.2, 0) is 6.54 Å². The van der Waals surface area contributed by atoms with Crippen LogP contribution in [0.15, 0.2) is 41.4 Å². The van der Waals surface area contributed by atoms with Crippen LogP contribution in [0.3, 0.4) is 0 Å². The lowest BCUT2D eigenvalue weighted by molar-refractivity contribution is 0.391. The number of hydrogen-bond acceptors (Lipinski definition) is 4. The summed E-state index contributed by atoms with van der Waals surface area (Å²) in [4.78, 5) is 7.16. The Morgan fingerprint density at radius 1 is 1.12 bits per heavy atom. The molecule has 1 aliphatic heterocycles. The third kappa shape index (κ3) is 3.90. The van der Waals surface area contributed by atoms with Crippen LogP contribution >= 0.6 is 11.6 Å². The predicted octanol–water partition coefficient (Wildman–Crippen LogP) is 4.58. The fourth-order valence-electron chi connectivity index (χ4n) is 3.13. The Bertz CT molecular complexity index is 789. The van der Waals surface area contributed by atoms with Gasteiger partial charge in [-0.05, 0) is 43.2 Å². The Balaban J connectivity index is 1.93. The molecule has 5 heteroatoms. The Labute approximate surface area is 154 Å². The second kappa shape index (κ2) is 7.79. The first-order valence-corrected chi connectivity index (χ1v) is 8.75. The van der Waals surface area contributed by atoms with Gasteiger partial charge in [0, 0.05) is 47.2 Å². The molecule has 0 fully saturated rings. The monoisotopic (exact) mass is 358 g/mol. The van der Waals surface area contributed by atoms with Gasteiger partial charge < -0.3 is 14.4 Å². The lowest BCUT2D eigenvalue weighted by Crippen LogP contribution is -2.17. The van der Waals surface area contributed by atoms with Crippen molar-refractivity contribution in [3.63, 3.8) is 0 Å². The highest BCUT2D eigenvalue weighted by molar-refractivity contribution is 6.31. The molecule has 0 N–H and O–H groups in total. The van der Waals surface area contributed by atoms with Gasteiger partial charge in [-0.25, -0.2) is 0 Å². The molecule has 0 atom stereocenters. The zero-order chi connectivity index (χ0) is 17.8. The van der Waals surface area contributed by atoms with Crippen LogP contribution in [0.5, 0.6) is 11.5 Å². The fraction of sp³-hybridized carbons (Fsp3) is 0.350. The quantitative estimate of drug-likeness (QED) is 0.802. The fourth-order valence-corrected chi connectivity index (χ4v) is 3.30. The topological polar surface area (TPSA) is 34.1 Å². The lowest BCUT2D eigenvalue weighted by atomic mass is 10.0. The number of aliphatic imine (C=N–C) groups is 1. The summed E-state index contributed by atoms with van der Waals surface area (Å²) in [7, 11) is 5.42.